The predicted molar refractivity (Wildman–Crippen MR) is 108 cm³/mol. The maximum absolute atomic E-state index is 13.3. The molecular formula is C19H27F2N3O6S. The number of benzene rings is 1. The van der Waals surface area contributed by atoms with Crippen LogP contribution in [0.5, 0.6) is 0 Å². The van der Waals surface area contributed by atoms with Gasteiger partial charge in [0.25, 0.3) is 5.91 Å². The molecule has 1 aliphatic rings. The van der Waals surface area contributed by atoms with E-state index in [4.69, 9.17) is 4.74 Å². The van der Waals surface area contributed by atoms with Crippen LogP contribution in [0.4, 0.5) is 8.78 Å². The van der Waals surface area contributed by atoms with E-state index in [1.54, 1.807) is 16.9 Å². The molecule has 0 spiro atoms. The summed E-state index contributed by atoms with van der Waals surface area (Å²) < 4.78 is 62.1. The van der Waals surface area contributed by atoms with Crippen molar-refractivity contribution in [3.8, 4) is 0 Å². The van der Waals surface area contributed by atoms with Gasteiger partial charge in [-0.1, -0.05) is 12.1 Å². The Kier molecular flexibility index (Phi) is 9.29. The molecule has 2 amide bonds. The summed E-state index contributed by atoms with van der Waals surface area (Å²) in [5, 5.41) is 2.73. The first-order valence-electron chi connectivity index (χ1n) is 9.70. The van der Waals surface area contributed by atoms with Gasteiger partial charge in [-0.2, -0.15) is 12.7 Å². The Morgan fingerprint density at radius 2 is 1.84 bits per heavy atom. The Morgan fingerprint density at radius 3 is 2.45 bits per heavy atom. The number of halogens is 2. The van der Waals surface area contributed by atoms with E-state index in [1.807, 2.05) is 0 Å². The highest BCUT2D eigenvalue weighted by atomic mass is 32.2. The predicted octanol–water partition coefficient (Wildman–Crippen LogP) is 0.269. The molecule has 0 saturated carbocycles. The molecule has 1 saturated heterocycles. The van der Waals surface area contributed by atoms with Crippen molar-refractivity contribution in [1.82, 2.24) is 14.3 Å². The highest BCUT2D eigenvalue weighted by molar-refractivity contribution is 7.87. The lowest BCUT2D eigenvalue weighted by Crippen LogP contribution is -2.49. The van der Waals surface area contributed by atoms with Gasteiger partial charge in [-0.05, 0) is 30.5 Å². The highest BCUT2D eigenvalue weighted by Crippen LogP contribution is 2.34. The lowest BCUT2D eigenvalue weighted by molar-refractivity contribution is -0.124. The fourth-order valence-electron chi connectivity index (χ4n) is 3.21. The van der Waals surface area contributed by atoms with Crippen LogP contribution in [0.2, 0.25) is 0 Å². The number of hydrogen-bond acceptors (Lipinski definition) is 6. The number of nitrogens with zero attached hydrogens (tertiary/aromatic N) is 1. The zero-order chi connectivity index (χ0) is 22.9. The van der Waals surface area contributed by atoms with E-state index in [9.17, 15) is 26.8 Å². The molecule has 9 nitrogen and oxygen atoms in total. The Morgan fingerprint density at radius 1 is 1.19 bits per heavy atom. The normalized spacial score (nSPS) is 16.1. The third-order valence-electron chi connectivity index (χ3n) is 5.00. The quantitative estimate of drug-likeness (QED) is 0.456. The van der Waals surface area contributed by atoms with Crippen molar-refractivity contribution >= 4 is 22.0 Å². The van der Waals surface area contributed by atoms with Gasteiger partial charge < -0.3 is 14.8 Å². The molecule has 1 aliphatic heterocycles. The molecule has 0 radical (unpaired) electrons. The fourth-order valence-corrected chi connectivity index (χ4v) is 4.00. The van der Waals surface area contributed by atoms with Crippen LogP contribution >= 0.6 is 0 Å². The van der Waals surface area contributed by atoms with Gasteiger partial charge in [-0.25, -0.2) is 13.5 Å². The number of rotatable bonds is 11. The van der Waals surface area contributed by atoms with E-state index in [1.165, 1.54) is 12.1 Å². The van der Waals surface area contributed by atoms with Gasteiger partial charge in [0, 0.05) is 32.2 Å². The third kappa shape index (κ3) is 7.49. The minimum atomic E-state index is -4.27. The number of hydrogen-bond donors (Lipinski definition) is 2. The van der Waals surface area contributed by atoms with Crippen LogP contribution in [-0.2, 0) is 34.7 Å². The lowest BCUT2D eigenvalue weighted by Gasteiger charge is -2.38. The SMILES string of the molecule is CN(CC(=O)NCC1(c2ccc(F)cc2)CCOCC1)S(=O)(=O)NC(=O)COCCF. The molecule has 0 atom stereocenters. The van der Waals surface area contributed by atoms with Gasteiger partial charge >= 0.3 is 10.2 Å². The third-order valence-corrected chi connectivity index (χ3v) is 6.44. The van der Waals surface area contributed by atoms with Crippen molar-refractivity contribution in [3.63, 3.8) is 0 Å². The first-order valence-corrected chi connectivity index (χ1v) is 11.1. The van der Waals surface area contributed by atoms with Crippen molar-refractivity contribution in [2.75, 3.05) is 53.2 Å². The maximum atomic E-state index is 13.3. The maximum Gasteiger partial charge on any atom is 0.304 e. The Bertz CT molecular complexity index is 845. The molecule has 0 aliphatic carbocycles. The zero-order valence-electron chi connectivity index (χ0n) is 17.2. The van der Waals surface area contributed by atoms with Gasteiger partial charge in [-0.3, -0.25) is 9.59 Å². The monoisotopic (exact) mass is 463 g/mol. The minimum Gasteiger partial charge on any atom is -0.381 e. The molecule has 1 fully saturated rings. The molecule has 1 aromatic rings. The first-order chi connectivity index (χ1) is 14.7. The van der Waals surface area contributed by atoms with E-state index >= 15 is 0 Å². The fraction of sp³-hybridized carbons (Fsp3) is 0.579. The average molecular weight is 464 g/mol. The molecule has 2 rings (SSSR count). The number of carbonyl (C=O) groups is 2. The van der Waals surface area contributed by atoms with E-state index in [2.05, 4.69) is 10.1 Å². The van der Waals surface area contributed by atoms with E-state index < -0.39 is 47.3 Å². The average Bonchev–Trinajstić information content (AvgIpc) is 2.73. The van der Waals surface area contributed by atoms with Crippen molar-refractivity contribution in [1.29, 1.82) is 0 Å². The molecule has 2 N–H and O–H groups in total. The molecule has 0 bridgehead atoms. The molecule has 0 aromatic heterocycles. The van der Waals surface area contributed by atoms with Gasteiger partial charge in [0.15, 0.2) is 0 Å². The molecular weight excluding hydrogens is 436 g/mol. The standard InChI is InChI=1S/C19H27F2N3O6S/c1-24(31(27,28)23-18(26)13-30-11-8-20)12-17(25)22-14-19(6-9-29-10-7-19)15-2-4-16(21)5-3-15/h2-5H,6-14H2,1H3,(H,22,25)(H,23,26). The Hall–Kier alpha value is -2.15. The number of ether oxygens (including phenoxy) is 2. The second-order valence-electron chi connectivity index (χ2n) is 7.20. The number of carbonyl (C=O) groups excluding carboxylic acids is 2. The van der Waals surface area contributed by atoms with Crippen LogP contribution < -0.4 is 10.0 Å². The summed E-state index contributed by atoms with van der Waals surface area (Å²) >= 11 is 0. The summed E-state index contributed by atoms with van der Waals surface area (Å²) in [6.45, 7) is -1.08. The van der Waals surface area contributed by atoms with E-state index in [0.29, 0.717) is 30.4 Å². The summed E-state index contributed by atoms with van der Waals surface area (Å²) in [6, 6.07) is 6.05. The van der Waals surface area contributed by atoms with Gasteiger partial charge in [-0.15, -0.1) is 0 Å². The number of nitrogens with one attached hydrogen (secondary N) is 2. The van der Waals surface area contributed by atoms with Gasteiger partial charge in [0.1, 0.15) is 19.1 Å². The van der Waals surface area contributed by atoms with Crippen molar-refractivity contribution in [3.05, 3.63) is 35.6 Å². The van der Waals surface area contributed by atoms with Gasteiger partial charge in [0.2, 0.25) is 5.91 Å². The largest absolute Gasteiger partial charge is 0.381 e. The zero-order valence-corrected chi connectivity index (χ0v) is 18.1. The minimum absolute atomic E-state index is 0.220. The molecule has 0 unspecified atom stereocenters. The second kappa shape index (κ2) is 11.5. The van der Waals surface area contributed by atoms with Crippen molar-refractivity contribution < 1.29 is 36.3 Å². The van der Waals surface area contributed by atoms with E-state index in [0.717, 1.165) is 12.6 Å². The number of alkyl halides is 1. The Labute approximate surface area is 180 Å². The van der Waals surface area contributed by atoms with Crippen LogP contribution in [0.25, 0.3) is 0 Å². The van der Waals surface area contributed by atoms with Gasteiger partial charge in [0.05, 0.1) is 13.2 Å². The van der Waals surface area contributed by atoms with Crippen LogP contribution in [0.1, 0.15) is 18.4 Å². The summed E-state index contributed by atoms with van der Waals surface area (Å²) in [5.41, 5.74) is 0.403. The Balaban J connectivity index is 1.94. The van der Waals surface area contributed by atoms with Crippen LogP contribution in [0, 0.1) is 5.82 Å². The first kappa shape index (κ1) is 25.1. The van der Waals surface area contributed by atoms with Crippen LogP contribution in [0.15, 0.2) is 24.3 Å². The molecule has 1 heterocycles. The van der Waals surface area contributed by atoms with Crippen molar-refractivity contribution in [2.45, 2.75) is 18.3 Å². The molecule has 1 aromatic carbocycles. The van der Waals surface area contributed by atoms with E-state index in [-0.39, 0.29) is 19.0 Å². The summed E-state index contributed by atoms with van der Waals surface area (Å²) in [7, 11) is -3.13. The molecule has 12 heteroatoms. The topological polar surface area (TPSA) is 114 Å². The molecule has 174 valence electrons. The number of amides is 2. The summed E-state index contributed by atoms with van der Waals surface area (Å²) in [4.78, 5) is 24.0. The summed E-state index contributed by atoms with van der Waals surface area (Å²) in [6.07, 6.45) is 1.23. The number of likely N-dealkylation sites (N-methyl/N-ethyl adjacent to an activating group) is 1. The summed E-state index contributed by atoms with van der Waals surface area (Å²) in [5.74, 6) is -1.90. The molecule has 31 heavy (non-hydrogen) atoms. The smallest absolute Gasteiger partial charge is 0.304 e. The second-order valence-corrected chi connectivity index (χ2v) is 8.98. The van der Waals surface area contributed by atoms with Crippen LogP contribution in [0.3, 0.4) is 0 Å². The van der Waals surface area contributed by atoms with Crippen molar-refractivity contribution in [2.24, 2.45) is 0 Å². The highest BCUT2D eigenvalue weighted by Gasteiger charge is 2.35. The van der Waals surface area contributed by atoms with Crippen LogP contribution in [-0.4, -0.2) is 77.8 Å². The lowest BCUT2D eigenvalue weighted by atomic mass is 9.74.